The van der Waals surface area contributed by atoms with Crippen molar-refractivity contribution in [2.75, 3.05) is 12.3 Å². The van der Waals surface area contributed by atoms with Crippen LogP contribution in [0, 0.1) is 0 Å². The van der Waals surface area contributed by atoms with E-state index < -0.39 is 12.0 Å². The van der Waals surface area contributed by atoms with Crippen LogP contribution in [0.2, 0.25) is 0 Å². The molecule has 1 atom stereocenters. The van der Waals surface area contributed by atoms with Crippen LogP contribution in [-0.4, -0.2) is 34.4 Å². The second-order valence-electron chi connectivity index (χ2n) is 2.27. The highest BCUT2D eigenvalue weighted by molar-refractivity contribution is 7.80. The highest BCUT2D eigenvalue weighted by Crippen LogP contribution is 1.97. The van der Waals surface area contributed by atoms with E-state index in [9.17, 15) is 4.79 Å². The van der Waals surface area contributed by atoms with Crippen LogP contribution < -0.4 is 5.84 Å². The van der Waals surface area contributed by atoms with Gasteiger partial charge in [-0.3, -0.25) is 10.6 Å². The van der Waals surface area contributed by atoms with Crippen molar-refractivity contribution in [2.45, 2.75) is 19.4 Å². The molecule has 66 valence electrons. The number of carbonyl (C=O) groups is 1. The van der Waals surface area contributed by atoms with Gasteiger partial charge >= 0.3 is 5.97 Å². The van der Waals surface area contributed by atoms with Gasteiger partial charge in [-0.25, -0.2) is 5.01 Å². The van der Waals surface area contributed by atoms with Crippen LogP contribution in [0.5, 0.6) is 0 Å². The number of thiol groups is 1. The fraction of sp³-hybridized carbons (Fsp3) is 0.833. The van der Waals surface area contributed by atoms with E-state index in [-0.39, 0.29) is 5.75 Å². The summed E-state index contributed by atoms with van der Waals surface area (Å²) in [4.78, 5) is 10.5. The van der Waals surface area contributed by atoms with Crippen LogP contribution in [0.25, 0.3) is 0 Å². The van der Waals surface area contributed by atoms with E-state index in [2.05, 4.69) is 12.6 Å². The average Bonchev–Trinajstić information content (AvgIpc) is 1.88. The van der Waals surface area contributed by atoms with Crippen molar-refractivity contribution in [3.63, 3.8) is 0 Å². The molecule has 0 bridgehead atoms. The standard InChI is InChI=1S/C6H14N2O2S/c1-2-3-8(7)5(4-11)6(9)10/h5,11H,2-4,7H2,1H3,(H,9,10)/t5-/m0/s1. The molecular formula is C6H14N2O2S. The molecule has 0 fully saturated rings. The van der Waals surface area contributed by atoms with Crippen LogP contribution in [0.4, 0.5) is 0 Å². The lowest BCUT2D eigenvalue weighted by Crippen LogP contribution is -2.47. The van der Waals surface area contributed by atoms with Crippen LogP contribution in [0.15, 0.2) is 0 Å². The molecule has 0 spiro atoms. The molecule has 0 aliphatic carbocycles. The molecule has 4 nitrogen and oxygen atoms in total. The highest BCUT2D eigenvalue weighted by Gasteiger charge is 2.20. The summed E-state index contributed by atoms with van der Waals surface area (Å²) in [7, 11) is 0. The van der Waals surface area contributed by atoms with Crippen molar-refractivity contribution in [2.24, 2.45) is 5.84 Å². The predicted molar refractivity (Wildman–Crippen MR) is 46.5 cm³/mol. The first-order valence-electron chi connectivity index (χ1n) is 3.48. The minimum absolute atomic E-state index is 0.242. The van der Waals surface area contributed by atoms with Crippen molar-refractivity contribution in [1.82, 2.24) is 5.01 Å². The predicted octanol–water partition coefficient (Wildman–Crippen LogP) is -0.0449. The van der Waals surface area contributed by atoms with E-state index in [1.807, 2.05) is 6.92 Å². The van der Waals surface area contributed by atoms with Crippen LogP contribution >= 0.6 is 12.6 Å². The maximum Gasteiger partial charge on any atom is 0.323 e. The summed E-state index contributed by atoms with van der Waals surface area (Å²) in [6, 6.07) is -0.668. The minimum atomic E-state index is -0.920. The van der Waals surface area contributed by atoms with Gasteiger partial charge in [0.15, 0.2) is 0 Å². The summed E-state index contributed by atoms with van der Waals surface area (Å²) in [5, 5.41) is 9.90. The summed E-state index contributed by atoms with van der Waals surface area (Å²) >= 11 is 3.88. The SMILES string of the molecule is CCCN(N)[C@@H](CS)C(=O)O. The topological polar surface area (TPSA) is 66.6 Å². The maximum absolute atomic E-state index is 10.5. The van der Waals surface area contributed by atoms with Crippen LogP contribution in [0.1, 0.15) is 13.3 Å². The molecule has 0 saturated heterocycles. The maximum atomic E-state index is 10.5. The second-order valence-corrected chi connectivity index (χ2v) is 2.64. The molecule has 0 heterocycles. The summed E-state index contributed by atoms with van der Waals surface area (Å²) < 4.78 is 0. The van der Waals surface area contributed by atoms with Gasteiger partial charge < -0.3 is 5.11 Å². The number of nitrogens with two attached hydrogens (primary N) is 1. The monoisotopic (exact) mass is 178 g/mol. The molecule has 11 heavy (non-hydrogen) atoms. The normalized spacial score (nSPS) is 13.5. The zero-order chi connectivity index (χ0) is 8.85. The Morgan fingerprint density at radius 1 is 1.82 bits per heavy atom. The molecule has 0 saturated carbocycles. The Hall–Kier alpha value is -0.260. The second kappa shape index (κ2) is 5.40. The molecular weight excluding hydrogens is 164 g/mol. The van der Waals surface area contributed by atoms with Gasteiger partial charge in [0.05, 0.1) is 0 Å². The smallest absolute Gasteiger partial charge is 0.323 e. The molecule has 0 aliphatic heterocycles. The number of carboxylic acids is 1. The third-order valence-corrected chi connectivity index (χ3v) is 1.69. The number of hydrogen-bond acceptors (Lipinski definition) is 4. The van der Waals surface area contributed by atoms with Gasteiger partial charge in [0, 0.05) is 12.3 Å². The van der Waals surface area contributed by atoms with Gasteiger partial charge in [-0.2, -0.15) is 12.6 Å². The van der Waals surface area contributed by atoms with Gasteiger partial charge in [0.1, 0.15) is 6.04 Å². The van der Waals surface area contributed by atoms with E-state index in [1.165, 1.54) is 5.01 Å². The molecule has 5 heteroatoms. The summed E-state index contributed by atoms with van der Waals surface area (Å²) in [6.45, 7) is 2.52. The molecule has 0 rings (SSSR count). The lowest BCUT2D eigenvalue weighted by atomic mass is 10.3. The minimum Gasteiger partial charge on any atom is -0.480 e. The number of hydrogen-bond donors (Lipinski definition) is 3. The van der Waals surface area contributed by atoms with Crippen LogP contribution in [-0.2, 0) is 4.79 Å². The van der Waals surface area contributed by atoms with Gasteiger partial charge in [-0.15, -0.1) is 0 Å². The van der Waals surface area contributed by atoms with E-state index in [4.69, 9.17) is 10.9 Å². The Balaban J connectivity index is 3.91. The third-order valence-electron chi connectivity index (χ3n) is 1.34. The van der Waals surface area contributed by atoms with Crippen molar-refractivity contribution < 1.29 is 9.90 Å². The Morgan fingerprint density at radius 2 is 2.36 bits per heavy atom. The Labute approximate surface area is 71.7 Å². The van der Waals surface area contributed by atoms with Gasteiger partial charge in [0.2, 0.25) is 0 Å². The number of aliphatic carboxylic acids is 1. The third kappa shape index (κ3) is 3.60. The molecule has 3 N–H and O–H groups in total. The Morgan fingerprint density at radius 3 is 2.64 bits per heavy atom. The zero-order valence-electron chi connectivity index (χ0n) is 6.53. The summed E-state index contributed by atoms with van der Waals surface area (Å²) in [5.41, 5.74) is 0. The van der Waals surface area contributed by atoms with Gasteiger partial charge in [-0.1, -0.05) is 6.92 Å². The molecule has 0 radical (unpaired) electrons. The van der Waals surface area contributed by atoms with E-state index in [0.29, 0.717) is 6.54 Å². The van der Waals surface area contributed by atoms with Gasteiger partial charge in [0.25, 0.3) is 0 Å². The zero-order valence-corrected chi connectivity index (χ0v) is 7.42. The fourth-order valence-corrected chi connectivity index (χ4v) is 1.10. The molecule has 0 amide bonds. The Bertz CT molecular complexity index is 132. The quantitative estimate of drug-likeness (QED) is 0.314. The summed E-state index contributed by atoms with van der Waals surface area (Å²) in [5.74, 6) is 4.76. The van der Waals surface area contributed by atoms with E-state index in [0.717, 1.165) is 6.42 Å². The fourth-order valence-electron chi connectivity index (χ4n) is 0.739. The number of carboxylic acid groups (broad SMARTS) is 1. The molecule has 0 aromatic carbocycles. The Kier molecular flexibility index (Phi) is 5.27. The molecule has 0 unspecified atom stereocenters. The van der Waals surface area contributed by atoms with Crippen molar-refractivity contribution >= 4 is 18.6 Å². The largest absolute Gasteiger partial charge is 0.480 e. The average molecular weight is 178 g/mol. The van der Waals surface area contributed by atoms with Gasteiger partial charge in [-0.05, 0) is 6.42 Å². The van der Waals surface area contributed by atoms with E-state index >= 15 is 0 Å². The summed E-state index contributed by atoms with van der Waals surface area (Å²) in [6.07, 6.45) is 0.841. The first-order valence-corrected chi connectivity index (χ1v) is 4.11. The first kappa shape index (κ1) is 10.7. The van der Waals surface area contributed by atoms with Crippen molar-refractivity contribution in [1.29, 1.82) is 0 Å². The molecule has 0 aromatic heterocycles. The number of rotatable bonds is 5. The highest BCUT2D eigenvalue weighted by atomic mass is 32.1. The van der Waals surface area contributed by atoms with Crippen LogP contribution in [0.3, 0.4) is 0 Å². The molecule has 0 aromatic rings. The molecule has 0 aliphatic rings. The lowest BCUT2D eigenvalue weighted by molar-refractivity contribution is -0.142. The lowest BCUT2D eigenvalue weighted by Gasteiger charge is -2.21. The first-order chi connectivity index (χ1) is 5.13. The van der Waals surface area contributed by atoms with E-state index in [1.54, 1.807) is 0 Å². The number of hydrazine groups is 1. The van der Waals surface area contributed by atoms with Crippen molar-refractivity contribution in [3.8, 4) is 0 Å². The number of nitrogens with zero attached hydrogens (tertiary/aromatic N) is 1. The van der Waals surface area contributed by atoms with Crippen molar-refractivity contribution in [3.05, 3.63) is 0 Å².